The molecule has 1 heterocycles. The summed E-state index contributed by atoms with van der Waals surface area (Å²) in [5.41, 5.74) is 2.32. The minimum absolute atomic E-state index is 0.0629. The van der Waals surface area contributed by atoms with Gasteiger partial charge in [0, 0.05) is 32.5 Å². The van der Waals surface area contributed by atoms with Crippen molar-refractivity contribution >= 4 is 16.8 Å². The molecule has 1 aromatic heterocycles. The van der Waals surface area contributed by atoms with Crippen molar-refractivity contribution in [3.05, 3.63) is 78.1 Å². The summed E-state index contributed by atoms with van der Waals surface area (Å²) in [6.45, 7) is 1.19. The van der Waals surface area contributed by atoms with Crippen LogP contribution in [0.25, 0.3) is 10.8 Å². The first-order chi connectivity index (χ1) is 11.7. The Kier molecular flexibility index (Phi) is 5.06. The van der Waals surface area contributed by atoms with Gasteiger partial charge in [0.15, 0.2) is 0 Å². The fourth-order valence-corrected chi connectivity index (χ4v) is 2.78. The van der Waals surface area contributed by atoms with Crippen LogP contribution in [0.4, 0.5) is 4.79 Å². The number of nitrogens with one attached hydrogen (secondary N) is 1. The van der Waals surface area contributed by atoms with E-state index in [1.165, 1.54) is 16.3 Å². The van der Waals surface area contributed by atoms with E-state index in [4.69, 9.17) is 0 Å². The summed E-state index contributed by atoms with van der Waals surface area (Å²) in [7, 11) is 1.80. The molecule has 0 aliphatic rings. The van der Waals surface area contributed by atoms with Gasteiger partial charge in [-0.15, -0.1) is 0 Å². The summed E-state index contributed by atoms with van der Waals surface area (Å²) in [5, 5.41) is 5.47. The fraction of sp³-hybridized carbons (Fsp3) is 0.200. The third-order valence-electron chi connectivity index (χ3n) is 4.07. The molecule has 3 aromatic rings. The summed E-state index contributed by atoms with van der Waals surface area (Å²) in [6.07, 6.45) is 4.29. The molecular formula is C20H21N3O. The third-order valence-corrected chi connectivity index (χ3v) is 4.07. The first kappa shape index (κ1) is 16.0. The van der Waals surface area contributed by atoms with Gasteiger partial charge in [-0.1, -0.05) is 42.5 Å². The topological polar surface area (TPSA) is 45.2 Å². The summed E-state index contributed by atoms with van der Waals surface area (Å²) in [4.78, 5) is 17.9. The van der Waals surface area contributed by atoms with E-state index in [1.807, 2.05) is 24.3 Å². The Bertz CT molecular complexity index is 812. The maximum atomic E-state index is 12.2. The average molecular weight is 319 g/mol. The zero-order valence-electron chi connectivity index (χ0n) is 13.8. The number of fused-ring (bicyclic) bond motifs is 1. The first-order valence-electron chi connectivity index (χ1n) is 8.08. The van der Waals surface area contributed by atoms with Gasteiger partial charge in [-0.3, -0.25) is 4.98 Å². The highest BCUT2D eigenvalue weighted by molar-refractivity contribution is 5.85. The van der Waals surface area contributed by atoms with Gasteiger partial charge in [0.1, 0.15) is 0 Å². The molecule has 4 nitrogen and oxygen atoms in total. The van der Waals surface area contributed by atoms with Crippen molar-refractivity contribution in [1.29, 1.82) is 0 Å². The van der Waals surface area contributed by atoms with Gasteiger partial charge in [0.25, 0.3) is 0 Å². The number of urea groups is 1. The highest BCUT2D eigenvalue weighted by Gasteiger charge is 2.08. The zero-order valence-corrected chi connectivity index (χ0v) is 13.8. The smallest absolute Gasteiger partial charge is 0.317 e. The summed E-state index contributed by atoms with van der Waals surface area (Å²) in [6, 6.07) is 18.4. The molecule has 0 saturated carbocycles. The summed E-state index contributed by atoms with van der Waals surface area (Å²) < 4.78 is 0. The van der Waals surface area contributed by atoms with Crippen molar-refractivity contribution in [2.75, 3.05) is 13.6 Å². The number of benzene rings is 2. The van der Waals surface area contributed by atoms with Gasteiger partial charge in [-0.25, -0.2) is 4.79 Å². The Morgan fingerprint density at radius 1 is 1.04 bits per heavy atom. The van der Waals surface area contributed by atoms with E-state index >= 15 is 0 Å². The zero-order chi connectivity index (χ0) is 16.8. The van der Waals surface area contributed by atoms with Crippen molar-refractivity contribution in [2.45, 2.75) is 13.0 Å². The number of nitrogens with zero attached hydrogens (tertiary/aromatic N) is 2. The molecule has 24 heavy (non-hydrogen) atoms. The van der Waals surface area contributed by atoms with Crippen LogP contribution in [0.1, 0.15) is 11.1 Å². The van der Waals surface area contributed by atoms with Crippen LogP contribution in [-0.2, 0) is 13.0 Å². The number of aromatic nitrogens is 1. The number of hydrogen-bond acceptors (Lipinski definition) is 2. The Morgan fingerprint density at radius 3 is 2.62 bits per heavy atom. The van der Waals surface area contributed by atoms with E-state index in [0.29, 0.717) is 13.1 Å². The lowest BCUT2D eigenvalue weighted by atomic mass is 10.0. The van der Waals surface area contributed by atoms with Crippen LogP contribution >= 0.6 is 0 Å². The van der Waals surface area contributed by atoms with Crippen LogP contribution < -0.4 is 5.32 Å². The Balaban J connectivity index is 1.54. The minimum atomic E-state index is -0.0629. The second-order valence-electron chi connectivity index (χ2n) is 5.83. The fourth-order valence-electron chi connectivity index (χ4n) is 2.78. The number of amides is 2. The molecule has 0 aliphatic carbocycles. The first-order valence-corrected chi connectivity index (χ1v) is 8.08. The highest BCUT2D eigenvalue weighted by atomic mass is 16.2. The van der Waals surface area contributed by atoms with E-state index in [2.05, 4.69) is 40.6 Å². The minimum Gasteiger partial charge on any atom is -0.338 e. The van der Waals surface area contributed by atoms with Gasteiger partial charge in [0.2, 0.25) is 0 Å². The molecule has 0 bridgehead atoms. The molecule has 1 N–H and O–H groups in total. The van der Waals surface area contributed by atoms with Crippen molar-refractivity contribution in [1.82, 2.24) is 15.2 Å². The standard InChI is InChI=1S/C20H21N3O/c1-23(15-16-9-12-21-13-10-16)20(24)22-14-11-18-7-4-6-17-5-2-3-8-19(17)18/h2-10,12-13H,11,14-15H2,1H3,(H,22,24). The van der Waals surface area contributed by atoms with E-state index in [9.17, 15) is 4.79 Å². The van der Waals surface area contributed by atoms with Crippen LogP contribution in [0.15, 0.2) is 67.0 Å². The molecule has 0 aliphatic heterocycles. The Hall–Kier alpha value is -2.88. The number of carbonyl (C=O) groups excluding carboxylic acids is 1. The normalized spacial score (nSPS) is 10.5. The maximum Gasteiger partial charge on any atom is 0.317 e. The molecule has 0 saturated heterocycles. The molecule has 0 atom stereocenters. The summed E-state index contributed by atoms with van der Waals surface area (Å²) >= 11 is 0. The average Bonchev–Trinajstić information content (AvgIpc) is 2.62. The Morgan fingerprint density at radius 2 is 1.79 bits per heavy atom. The predicted octanol–water partition coefficient (Wildman–Crippen LogP) is 3.62. The molecule has 0 fully saturated rings. The maximum absolute atomic E-state index is 12.2. The van der Waals surface area contributed by atoms with Crippen molar-refractivity contribution in [3.8, 4) is 0 Å². The van der Waals surface area contributed by atoms with E-state index in [-0.39, 0.29) is 6.03 Å². The van der Waals surface area contributed by atoms with E-state index in [0.717, 1.165) is 12.0 Å². The molecule has 0 radical (unpaired) electrons. The number of pyridine rings is 1. The molecule has 2 amide bonds. The SMILES string of the molecule is CN(Cc1ccncc1)C(=O)NCCc1cccc2ccccc12. The largest absolute Gasteiger partial charge is 0.338 e. The Labute approximate surface area is 142 Å². The van der Waals surface area contributed by atoms with Crippen LogP contribution in [0, 0.1) is 0 Å². The number of rotatable bonds is 5. The molecular weight excluding hydrogens is 298 g/mol. The lowest BCUT2D eigenvalue weighted by Gasteiger charge is -2.18. The monoisotopic (exact) mass is 319 g/mol. The molecule has 2 aromatic carbocycles. The van der Waals surface area contributed by atoms with Crippen molar-refractivity contribution in [3.63, 3.8) is 0 Å². The van der Waals surface area contributed by atoms with Crippen LogP contribution in [0.5, 0.6) is 0 Å². The number of hydrogen-bond donors (Lipinski definition) is 1. The molecule has 0 spiro atoms. The summed E-state index contributed by atoms with van der Waals surface area (Å²) in [5.74, 6) is 0. The second-order valence-corrected chi connectivity index (χ2v) is 5.83. The number of carbonyl (C=O) groups is 1. The second kappa shape index (κ2) is 7.59. The molecule has 0 unspecified atom stereocenters. The van der Waals surface area contributed by atoms with Gasteiger partial charge < -0.3 is 10.2 Å². The molecule has 122 valence electrons. The van der Waals surface area contributed by atoms with Crippen LogP contribution in [-0.4, -0.2) is 29.5 Å². The van der Waals surface area contributed by atoms with Gasteiger partial charge >= 0.3 is 6.03 Å². The van der Waals surface area contributed by atoms with Gasteiger partial charge in [-0.05, 0) is 40.5 Å². The lowest BCUT2D eigenvalue weighted by molar-refractivity contribution is 0.207. The quantitative estimate of drug-likeness (QED) is 0.780. The lowest BCUT2D eigenvalue weighted by Crippen LogP contribution is -2.37. The van der Waals surface area contributed by atoms with Crippen LogP contribution in [0.2, 0.25) is 0 Å². The highest BCUT2D eigenvalue weighted by Crippen LogP contribution is 2.18. The van der Waals surface area contributed by atoms with Crippen LogP contribution in [0.3, 0.4) is 0 Å². The van der Waals surface area contributed by atoms with Crippen molar-refractivity contribution < 1.29 is 4.79 Å². The molecule has 3 rings (SSSR count). The van der Waals surface area contributed by atoms with Gasteiger partial charge in [0.05, 0.1) is 0 Å². The molecule has 4 heteroatoms. The van der Waals surface area contributed by atoms with Gasteiger partial charge in [-0.2, -0.15) is 0 Å². The van der Waals surface area contributed by atoms with E-state index in [1.54, 1.807) is 24.3 Å². The third kappa shape index (κ3) is 3.90. The van der Waals surface area contributed by atoms with E-state index < -0.39 is 0 Å². The van der Waals surface area contributed by atoms with Crippen molar-refractivity contribution in [2.24, 2.45) is 0 Å². The predicted molar refractivity (Wildman–Crippen MR) is 96.8 cm³/mol.